The van der Waals surface area contributed by atoms with E-state index >= 15 is 0 Å². The van der Waals surface area contributed by atoms with Crippen LogP contribution in [0.4, 0.5) is 0 Å². The minimum Gasteiger partial charge on any atom is -0.386 e. The van der Waals surface area contributed by atoms with Crippen LogP contribution < -0.4 is 0 Å². The van der Waals surface area contributed by atoms with Crippen LogP contribution in [-0.2, 0) is 0 Å². The molecule has 94 valence electrons. The van der Waals surface area contributed by atoms with Gasteiger partial charge in [-0.3, -0.25) is 0 Å². The van der Waals surface area contributed by atoms with Gasteiger partial charge >= 0.3 is 0 Å². The molecule has 0 aliphatic heterocycles. The van der Waals surface area contributed by atoms with E-state index in [1.54, 1.807) is 6.08 Å². The summed E-state index contributed by atoms with van der Waals surface area (Å²) in [6.45, 7) is 3.79. The maximum absolute atomic E-state index is 10.3. The van der Waals surface area contributed by atoms with Crippen molar-refractivity contribution in [2.75, 3.05) is 0 Å². The minimum atomic E-state index is -0.575. The second-order valence-corrected chi connectivity index (χ2v) is 5.34. The molecule has 0 atom stereocenters. The predicted octanol–water partition coefficient (Wildman–Crippen LogP) is 4.60. The molecule has 1 aliphatic rings. The molecule has 0 aromatic heterocycles. The molecule has 1 fully saturated rings. The summed E-state index contributed by atoms with van der Waals surface area (Å²) in [6, 6.07) is 0. The van der Waals surface area contributed by atoms with Crippen molar-refractivity contribution in [3.05, 3.63) is 12.7 Å². The first kappa shape index (κ1) is 13.8. The Bertz CT molecular complexity index is 172. The highest BCUT2D eigenvalue weighted by molar-refractivity contribution is 4.95. The van der Waals surface area contributed by atoms with Gasteiger partial charge in [-0.15, -0.1) is 6.58 Å². The van der Waals surface area contributed by atoms with Gasteiger partial charge in [0, 0.05) is 0 Å². The quantitative estimate of drug-likeness (QED) is 0.645. The van der Waals surface area contributed by atoms with E-state index in [-0.39, 0.29) is 0 Å². The van der Waals surface area contributed by atoms with Crippen LogP contribution in [0.5, 0.6) is 0 Å². The fourth-order valence-electron chi connectivity index (χ4n) is 2.61. The van der Waals surface area contributed by atoms with Crippen LogP contribution in [-0.4, -0.2) is 10.7 Å². The van der Waals surface area contributed by atoms with Crippen molar-refractivity contribution in [3.63, 3.8) is 0 Å². The van der Waals surface area contributed by atoms with Crippen molar-refractivity contribution >= 4 is 0 Å². The lowest BCUT2D eigenvalue weighted by Gasteiger charge is -2.24. The normalized spacial score (nSPS) is 24.8. The summed E-state index contributed by atoms with van der Waals surface area (Å²) in [7, 11) is 0. The standard InChI is InChI=1S/C15H28O/c1-2-15(16)13-11-9-7-5-3-4-6-8-10-12-14-15/h2,16H,1,3-14H2. The van der Waals surface area contributed by atoms with Crippen LogP contribution in [0.3, 0.4) is 0 Å². The maximum Gasteiger partial charge on any atom is 0.0825 e. The minimum absolute atomic E-state index is 0.575. The lowest BCUT2D eigenvalue weighted by molar-refractivity contribution is 0.0668. The van der Waals surface area contributed by atoms with Gasteiger partial charge in [0.05, 0.1) is 5.60 Å². The predicted molar refractivity (Wildman–Crippen MR) is 70.6 cm³/mol. The van der Waals surface area contributed by atoms with E-state index in [2.05, 4.69) is 6.58 Å². The molecule has 0 amide bonds. The number of aliphatic hydroxyl groups is 1. The summed E-state index contributed by atoms with van der Waals surface area (Å²) in [5.74, 6) is 0. The van der Waals surface area contributed by atoms with Gasteiger partial charge in [-0.05, 0) is 12.8 Å². The van der Waals surface area contributed by atoms with Crippen molar-refractivity contribution in [1.82, 2.24) is 0 Å². The SMILES string of the molecule is C=CC1(O)CCCCCCCCCCCC1. The Hall–Kier alpha value is -0.300. The highest BCUT2D eigenvalue weighted by Gasteiger charge is 2.21. The molecule has 0 aromatic carbocycles. The molecule has 1 rings (SSSR count). The Morgan fingerprint density at radius 3 is 1.31 bits per heavy atom. The highest BCUT2D eigenvalue weighted by atomic mass is 16.3. The summed E-state index contributed by atoms with van der Waals surface area (Å²) >= 11 is 0. The van der Waals surface area contributed by atoms with Crippen molar-refractivity contribution in [3.8, 4) is 0 Å². The van der Waals surface area contributed by atoms with Crippen LogP contribution in [0, 0.1) is 0 Å². The topological polar surface area (TPSA) is 20.2 Å². The third kappa shape index (κ3) is 5.69. The van der Waals surface area contributed by atoms with E-state index in [0.717, 1.165) is 25.7 Å². The number of hydrogen-bond donors (Lipinski definition) is 1. The first-order chi connectivity index (χ1) is 7.77. The van der Waals surface area contributed by atoms with Gasteiger partial charge in [-0.2, -0.15) is 0 Å². The Kier molecular flexibility index (Phi) is 6.79. The molecule has 0 bridgehead atoms. The van der Waals surface area contributed by atoms with E-state index in [9.17, 15) is 5.11 Å². The first-order valence-corrected chi connectivity index (χ1v) is 7.13. The van der Waals surface area contributed by atoms with E-state index in [4.69, 9.17) is 0 Å². The third-order valence-electron chi connectivity index (χ3n) is 3.85. The third-order valence-corrected chi connectivity index (χ3v) is 3.85. The lowest BCUT2D eigenvalue weighted by atomic mass is 9.90. The summed E-state index contributed by atoms with van der Waals surface area (Å²) in [5.41, 5.74) is -0.575. The summed E-state index contributed by atoms with van der Waals surface area (Å²) < 4.78 is 0. The van der Waals surface area contributed by atoms with Gasteiger partial charge < -0.3 is 5.11 Å². The average molecular weight is 224 g/mol. The van der Waals surface area contributed by atoms with E-state index in [1.807, 2.05) is 0 Å². The smallest absolute Gasteiger partial charge is 0.0825 e. The molecule has 0 radical (unpaired) electrons. The van der Waals surface area contributed by atoms with Gasteiger partial charge in [0.25, 0.3) is 0 Å². The van der Waals surface area contributed by atoms with E-state index in [1.165, 1.54) is 51.4 Å². The van der Waals surface area contributed by atoms with Crippen LogP contribution in [0.15, 0.2) is 12.7 Å². The fraction of sp³-hybridized carbons (Fsp3) is 0.867. The first-order valence-electron chi connectivity index (χ1n) is 7.13. The molecule has 0 unspecified atom stereocenters. The summed E-state index contributed by atoms with van der Waals surface area (Å²) in [6.07, 6.45) is 16.7. The van der Waals surface area contributed by atoms with Gasteiger partial charge in [0.2, 0.25) is 0 Å². The zero-order chi connectivity index (χ0) is 11.7. The molecule has 0 saturated heterocycles. The molecule has 1 nitrogen and oxygen atoms in total. The largest absolute Gasteiger partial charge is 0.386 e. The van der Waals surface area contributed by atoms with Crippen LogP contribution in [0.25, 0.3) is 0 Å². The van der Waals surface area contributed by atoms with Crippen LogP contribution >= 0.6 is 0 Å². The Morgan fingerprint density at radius 1 is 0.688 bits per heavy atom. The zero-order valence-electron chi connectivity index (χ0n) is 10.7. The fourth-order valence-corrected chi connectivity index (χ4v) is 2.61. The van der Waals surface area contributed by atoms with Crippen molar-refractivity contribution in [2.24, 2.45) is 0 Å². The zero-order valence-corrected chi connectivity index (χ0v) is 10.7. The van der Waals surface area contributed by atoms with Gasteiger partial charge in [-0.25, -0.2) is 0 Å². The molecule has 1 saturated carbocycles. The highest BCUT2D eigenvalue weighted by Crippen LogP contribution is 2.25. The molecule has 1 aliphatic carbocycles. The maximum atomic E-state index is 10.3. The van der Waals surface area contributed by atoms with Gasteiger partial charge in [0.1, 0.15) is 0 Å². The monoisotopic (exact) mass is 224 g/mol. The lowest BCUT2D eigenvalue weighted by Crippen LogP contribution is -2.25. The van der Waals surface area contributed by atoms with E-state index in [0.29, 0.717) is 0 Å². The number of hydrogen-bond acceptors (Lipinski definition) is 1. The van der Waals surface area contributed by atoms with Crippen LogP contribution in [0.2, 0.25) is 0 Å². The molecule has 16 heavy (non-hydrogen) atoms. The van der Waals surface area contributed by atoms with Crippen LogP contribution in [0.1, 0.15) is 77.0 Å². The summed E-state index contributed by atoms with van der Waals surface area (Å²) in [5, 5.41) is 10.3. The Balaban J connectivity index is 2.35. The number of rotatable bonds is 1. The molecule has 1 N–H and O–H groups in total. The molecule has 0 spiro atoms. The molecule has 0 heterocycles. The second-order valence-electron chi connectivity index (χ2n) is 5.34. The van der Waals surface area contributed by atoms with Crippen molar-refractivity contribution in [1.29, 1.82) is 0 Å². The Morgan fingerprint density at radius 2 is 1.00 bits per heavy atom. The molecular weight excluding hydrogens is 196 g/mol. The van der Waals surface area contributed by atoms with E-state index < -0.39 is 5.60 Å². The molecule has 1 heteroatoms. The van der Waals surface area contributed by atoms with Gasteiger partial charge in [0.15, 0.2) is 0 Å². The molecular formula is C15H28O. The Labute approximate surface area is 101 Å². The van der Waals surface area contributed by atoms with Crippen molar-refractivity contribution in [2.45, 2.75) is 82.7 Å². The second kappa shape index (κ2) is 7.89. The molecule has 0 aromatic rings. The van der Waals surface area contributed by atoms with Gasteiger partial charge in [-0.1, -0.05) is 70.3 Å². The van der Waals surface area contributed by atoms with Crippen molar-refractivity contribution < 1.29 is 5.11 Å². The average Bonchev–Trinajstić information content (AvgIpc) is 2.31. The summed E-state index contributed by atoms with van der Waals surface area (Å²) in [4.78, 5) is 0.